The highest BCUT2D eigenvalue weighted by Gasteiger charge is 2.32. The third-order valence-electron chi connectivity index (χ3n) is 4.16. The molecule has 2 aliphatic rings. The van der Waals surface area contributed by atoms with E-state index in [0.717, 1.165) is 19.4 Å². The van der Waals surface area contributed by atoms with Gasteiger partial charge in [0.1, 0.15) is 0 Å². The van der Waals surface area contributed by atoms with Gasteiger partial charge in [0.05, 0.1) is 6.42 Å². The molecule has 0 aromatic rings. The maximum atomic E-state index is 11.9. The molecule has 0 radical (unpaired) electrons. The van der Waals surface area contributed by atoms with E-state index in [-0.39, 0.29) is 25.0 Å². The van der Waals surface area contributed by atoms with Gasteiger partial charge in [0.25, 0.3) is 0 Å². The number of carbonyl (C=O) groups is 2. The molecule has 0 aromatic carbocycles. The van der Waals surface area contributed by atoms with E-state index in [9.17, 15) is 9.59 Å². The van der Waals surface area contributed by atoms with E-state index in [1.165, 1.54) is 24.3 Å². The molecule has 0 aliphatic carbocycles. The number of nitrogens with one attached hydrogen (secondary N) is 1. The molecular formula is C13H23N3O3. The summed E-state index contributed by atoms with van der Waals surface area (Å²) in [6.45, 7) is 2.52. The van der Waals surface area contributed by atoms with Gasteiger partial charge >= 0.3 is 12.0 Å². The zero-order chi connectivity index (χ0) is 13.8. The topological polar surface area (TPSA) is 72.9 Å². The highest BCUT2D eigenvalue weighted by atomic mass is 16.4. The summed E-state index contributed by atoms with van der Waals surface area (Å²) in [4.78, 5) is 26.4. The molecule has 2 N–H and O–H groups in total. The molecule has 108 valence electrons. The Morgan fingerprint density at radius 2 is 2.16 bits per heavy atom. The van der Waals surface area contributed by atoms with Gasteiger partial charge in [0, 0.05) is 32.2 Å². The molecule has 0 spiro atoms. The van der Waals surface area contributed by atoms with Crippen molar-refractivity contribution < 1.29 is 14.7 Å². The van der Waals surface area contributed by atoms with Crippen LogP contribution in [0.25, 0.3) is 0 Å². The molecule has 2 fully saturated rings. The zero-order valence-electron chi connectivity index (χ0n) is 11.5. The number of aliphatic carboxylic acids is 1. The van der Waals surface area contributed by atoms with Gasteiger partial charge in [-0.15, -0.1) is 0 Å². The second kappa shape index (κ2) is 6.23. The number of carboxylic acids is 1. The van der Waals surface area contributed by atoms with Crippen LogP contribution in [0.4, 0.5) is 4.79 Å². The van der Waals surface area contributed by atoms with Gasteiger partial charge < -0.3 is 20.2 Å². The third kappa shape index (κ3) is 3.83. The molecule has 2 heterocycles. The van der Waals surface area contributed by atoms with Gasteiger partial charge in [0.15, 0.2) is 0 Å². The minimum atomic E-state index is -0.876. The fourth-order valence-electron chi connectivity index (χ4n) is 3.01. The van der Waals surface area contributed by atoms with Crippen LogP contribution in [0.1, 0.15) is 32.1 Å². The minimum absolute atomic E-state index is 0.00894. The maximum Gasteiger partial charge on any atom is 0.317 e. The Balaban J connectivity index is 1.74. The largest absolute Gasteiger partial charge is 0.481 e. The van der Waals surface area contributed by atoms with Gasteiger partial charge in [0.2, 0.25) is 0 Å². The van der Waals surface area contributed by atoms with E-state index >= 15 is 0 Å². The number of rotatable bonds is 4. The second-order valence-corrected chi connectivity index (χ2v) is 5.57. The van der Waals surface area contributed by atoms with Crippen LogP contribution in [0.5, 0.6) is 0 Å². The quantitative estimate of drug-likeness (QED) is 0.789. The van der Waals surface area contributed by atoms with Crippen molar-refractivity contribution in [3.63, 3.8) is 0 Å². The molecular weight excluding hydrogens is 246 g/mol. The third-order valence-corrected chi connectivity index (χ3v) is 4.16. The Kier molecular flexibility index (Phi) is 4.63. The number of nitrogens with zero attached hydrogens (tertiary/aromatic N) is 2. The maximum absolute atomic E-state index is 11.9. The summed E-state index contributed by atoms with van der Waals surface area (Å²) < 4.78 is 0. The summed E-state index contributed by atoms with van der Waals surface area (Å²) in [5.74, 6) is -0.876. The van der Waals surface area contributed by atoms with Crippen LogP contribution < -0.4 is 5.32 Å². The van der Waals surface area contributed by atoms with Crippen LogP contribution in [-0.4, -0.2) is 65.7 Å². The van der Waals surface area contributed by atoms with Crippen LogP contribution in [0, 0.1) is 0 Å². The van der Waals surface area contributed by atoms with Crippen LogP contribution in [0.2, 0.25) is 0 Å². The molecule has 2 aliphatic heterocycles. The van der Waals surface area contributed by atoms with E-state index in [2.05, 4.69) is 10.2 Å². The highest BCUT2D eigenvalue weighted by molar-refractivity contribution is 5.75. The van der Waals surface area contributed by atoms with E-state index in [4.69, 9.17) is 5.11 Å². The van der Waals surface area contributed by atoms with Crippen molar-refractivity contribution in [1.29, 1.82) is 0 Å². The minimum Gasteiger partial charge on any atom is -0.481 e. The van der Waals surface area contributed by atoms with Gasteiger partial charge in [-0.05, 0) is 32.2 Å². The Bertz CT molecular complexity index is 348. The predicted molar refractivity (Wildman–Crippen MR) is 71.0 cm³/mol. The molecule has 0 aromatic heterocycles. The fourth-order valence-corrected chi connectivity index (χ4v) is 3.01. The number of piperidine rings is 1. The molecule has 19 heavy (non-hydrogen) atoms. The SMILES string of the molecule is CN(CCC(=O)O)C(=O)NC1CCN2CCCC2C1. The van der Waals surface area contributed by atoms with E-state index in [1.807, 2.05) is 0 Å². The van der Waals surface area contributed by atoms with Gasteiger partial charge in [-0.25, -0.2) is 4.79 Å². The summed E-state index contributed by atoms with van der Waals surface area (Å²) >= 11 is 0. The lowest BCUT2D eigenvalue weighted by molar-refractivity contribution is -0.137. The van der Waals surface area contributed by atoms with Gasteiger partial charge in [-0.2, -0.15) is 0 Å². The summed E-state index contributed by atoms with van der Waals surface area (Å²) in [6.07, 6.45) is 4.52. The van der Waals surface area contributed by atoms with E-state index in [0.29, 0.717) is 6.04 Å². The summed E-state index contributed by atoms with van der Waals surface area (Å²) in [5, 5.41) is 11.6. The Morgan fingerprint density at radius 3 is 2.89 bits per heavy atom. The van der Waals surface area contributed by atoms with E-state index in [1.54, 1.807) is 7.05 Å². The number of urea groups is 1. The number of hydrogen-bond donors (Lipinski definition) is 2. The van der Waals surface area contributed by atoms with Crippen LogP contribution in [-0.2, 0) is 4.79 Å². The molecule has 0 bridgehead atoms. The molecule has 2 amide bonds. The summed E-state index contributed by atoms with van der Waals surface area (Å²) in [6, 6.07) is 0.709. The van der Waals surface area contributed by atoms with Crippen molar-refractivity contribution in [1.82, 2.24) is 15.1 Å². The van der Waals surface area contributed by atoms with Crippen molar-refractivity contribution in [2.24, 2.45) is 0 Å². The zero-order valence-corrected chi connectivity index (χ0v) is 11.5. The highest BCUT2D eigenvalue weighted by Crippen LogP contribution is 2.26. The number of fused-ring (bicyclic) bond motifs is 1. The fraction of sp³-hybridized carbons (Fsp3) is 0.846. The molecule has 2 saturated heterocycles. The summed E-state index contributed by atoms with van der Waals surface area (Å²) in [7, 11) is 1.64. The molecule has 6 heteroatoms. The van der Waals surface area contributed by atoms with Gasteiger partial charge in [-0.1, -0.05) is 0 Å². The van der Waals surface area contributed by atoms with Crippen molar-refractivity contribution in [3.05, 3.63) is 0 Å². The van der Waals surface area contributed by atoms with Crippen molar-refractivity contribution in [2.75, 3.05) is 26.7 Å². The lowest BCUT2D eigenvalue weighted by Crippen LogP contribution is -2.50. The second-order valence-electron chi connectivity index (χ2n) is 5.57. The standard InChI is InChI=1S/C13H23N3O3/c1-15(7-5-12(17)18)13(19)14-10-4-8-16-6-2-3-11(16)9-10/h10-11H,2-9H2,1H3,(H,14,19)(H,17,18). The lowest BCUT2D eigenvalue weighted by Gasteiger charge is -2.35. The Hall–Kier alpha value is -1.30. The first-order valence-corrected chi connectivity index (χ1v) is 7.03. The van der Waals surface area contributed by atoms with Crippen molar-refractivity contribution >= 4 is 12.0 Å². The van der Waals surface area contributed by atoms with Crippen molar-refractivity contribution in [3.8, 4) is 0 Å². The first kappa shape index (κ1) is 14.1. The van der Waals surface area contributed by atoms with Crippen LogP contribution in [0.15, 0.2) is 0 Å². The van der Waals surface area contributed by atoms with Crippen molar-refractivity contribution in [2.45, 2.75) is 44.2 Å². The number of hydrogen-bond acceptors (Lipinski definition) is 3. The molecule has 0 saturated carbocycles. The summed E-state index contributed by atoms with van der Waals surface area (Å²) in [5.41, 5.74) is 0. The molecule has 6 nitrogen and oxygen atoms in total. The van der Waals surface area contributed by atoms with E-state index < -0.39 is 5.97 Å². The molecule has 2 unspecified atom stereocenters. The number of carbonyl (C=O) groups excluding carboxylic acids is 1. The number of carboxylic acid groups (broad SMARTS) is 1. The monoisotopic (exact) mass is 269 g/mol. The van der Waals surface area contributed by atoms with Gasteiger partial charge in [-0.3, -0.25) is 4.79 Å². The first-order valence-electron chi connectivity index (χ1n) is 7.03. The number of amides is 2. The smallest absolute Gasteiger partial charge is 0.317 e. The average Bonchev–Trinajstić information content (AvgIpc) is 2.83. The Morgan fingerprint density at radius 1 is 1.37 bits per heavy atom. The predicted octanol–water partition coefficient (Wildman–Crippen LogP) is 0.729. The first-order chi connectivity index (χ1) is 9.06. The molecule has 2 rings (SSSR count). The normalized spacial score (nSPS) is 26.8. The molecule has 2 atom stereocenters. The van der Waals surface area contributed by atoms with Crippen LogP contribution in [0.3, 0.4) is 0 Å². The lowest BCUT2D eigenvalue weighted by atomic mass is 9.98. The Labute approximate surface area is 113 Å². The van der Waals surface area contributed by atoms with Crippen LogP contribution >= 0.6 is 0 Å². The average molecular weight is 269 g/mol.